The lowest BCUT2D eigenvalue weighted by molar-refractivity contribution is -0.669. The summed E-state index contributed by atoms with van der Waals surface area (Å²) in [5.74, 6) is 0. The number of nitrogens with two attached hydrogens (primary N) is 1. The molecule has 1 fully saturated rings. The molecule has 0 amide bonds. The van der Waals surface area contributed by atoms with Crippen LogP contribution in [0.4, 0.5) is 0 Å². The molecular weight excluding hydrogens is 174 g/mol. The molecule has 1 aliphatic heterocycles. The van der Waals surface area contributed by atoms with Crippen LogP contribution in [0.1, 0.15) is 24.0 Å². The predicted octanol–water partition coefficient (Wildman–Crippen LogP) is 0.540. The first-order valence-electron chi connectivity index (χ1n) is 5.32. The van der Waals surface area contributed by atoms with E-state index in [1.165, 1.54) is 5.56 Å². The third-order valence-corrected chi connectivity index (χ3v) is 3.17. The van der Waals surface area contributed by atoms with Crippen molar-refractivity contribution < 1.29 is 10.4 Å². The van der Waals surface area contributed by atoms with Crippen LogP contribution in [0.25, 0.3) is 0 Å². The average molecular weight is 192 g/mol. The molecule has 14 heavy (non-hydrogen) atoms. The normalized spacial score (nSPS) is 20.7. The fourth-order valence-electron chi connectivity index (χ4n) is 2.32. The molecule has 0 saturated carbocycles. The predicted molar refractivity (Wildman–Crippen MR) is 56.0 cm³/mol. The summed E-state index contributed by atoms with van der Waals surface area (Å²) in [7, 11) is 0. The molecule has 0 radical (unpaired) electrons. The number of quaternary nitrogens is 1. The highest BCUT2D eigenvalue weighted by Crippen LogP contribution is 2.30. The van der Waals surface area contributed by atoms with Crippen molar-refractivity contribution in [1.82, 2.24) is 0 Å². The zero-order chi connectivity index (χ0) is 10.0. The van der Waals surface area contributed by atoms with Crippen molar-refractivity contribution in [1.29, 1.82) is 0 Å². The van der Waals surface area contributed by atoms with Crippen molar-refractivity contribution in [3.05, 3.63) is 35.4 Å². The summed E-state index contributed by atoms with van der Waals surface area (Å²) in [5, 5.41) is 12.8. The molecule has 0 aliphatic carbocycles. The molecule has 2 nitrogen and oxygen atoms in total. The van der Waals surface area contributed by atoms with Crippen molar-refractivity contribution in [3.8, 4) is 0 Å². The molecule has 1 heterocycles. The molecule has 2 heteroatoms. The molecule has 0 aromatic heterocycles. The maximum absolute atomic E-state index is 10.5. The fourth-order valence-corrected chi connectivity index (χ4v) is 2.32. The van der Waals surface area contributed by atoms with Crippen molar-refractivity contribution in [2.75, 3.05) is 13.1 Å². The maximum atomic E-state index is 10.5. The van der Waals surface area contributed by atoms with Crippen LogP contribution in [-0.2, 0) is 5.60 Å². The van der Waals surface area contributed by atoms with E-state index in [4.69, 9.17) is 0 Å². The Morgan fingerprint density at radius 3 is 2.50 bits per heavy atom. The Hall–Kier alpha value is -0.860. The first-order chi connectivity index (χ1) is 6.72. The van der Waals surface area contributed by atoms with Crippen molar-refractivity contribution in [3.63, 3.8) is 0 Å². The van der Waals surface area contributed by atoms with Gasteiger partial charge in [0.15, 0.2) is 0 Å². The molecule has 0 unspecified atom stereocenters. The van der Waals surface area contributed by atoms with Crippen LogP contribution in [0.5, 0.6) is 0 Å². The monoisotopic (exact) mass is 192 g/mol. The first kappa shape index (κ1) is 9.69. The zero-order valence-corrected chi connectivity index (χ0v) is 8.66. The summed E-state index contributed by atoms with van der Waals surface area (Å²) in [6.07, 6.45) is 1.75. The molecule has 76 valence electrons. The summed E-state index contributed by atoms with van der Waals surface area (Å²) in [6.45, 7) is 4.14. The van der Waals surface area contributed by atoms with E-state index in [1.807, 2.05) is 12.1 Å². The fraction of sp³-hybridized carbons (Fsp3) is 0.500. The highest BCUT2D eigenvalue weighted by Gasteiger charge is 2.33. The topological polar surface area (TPSA) is 36.8 Å². The molecule has 1 saturated heterocycles. The Kier molecular flexibility index (Phi) is 2.57. The van der Waals surface area contributed by atoms with E-state index in [-0.39, 0.29) is 0 Å². The van der Waals surface area contributed by atoms with E-state index in [0.717, 1.165) is 31.5 Å². The van der Waals surface area contributed by atoms with Crippen molar-refractivity contribution in [2.24, 2.45) is 0 Å². The third-order valence-electron chi connectivity index (χ3n) is 3.17. The molecule has 0 spiro atoms. The maximum Gasteiger partial charge on any atom is 0.101 e. The minimum atomic E-state index is -0.569. The van der Waals surface area contributed by atoms with E-state index < -0.39 is 5.60 Å². The van der Waals surface area contributed by atoms with Crippen LogP contribution in [0, 0.1) is 6.92 Å². The van der Waals surface area contributed by atoms with E-state index in [9.17, 15) is 5.11 Å². The Balaban J connectivity index is 2.32. The minimum absolute atomic E-state index is 0.569. The van der Waals surface area contributed by atoms with Crippen molar-refractivity contribution >= 4 is 0 Å². The Bertz CT molecular complexity index is 316. The lowest BCUT2D eigenvalue weighted by Crippen LogP contribution is -2.87. The SMILES string of the molecule is Cc1ccccc1C1(O)CC[NH2+]CC1. The standard InChI is InChI=1S/C12H17NO/c1-10-4-2-3-5-11(10)12(14)6-8-13-9-7-12/h2-5,13-14H,6-9H2,1H3/p+1. The van der Waals surface area contributed by atoms with Gasteiger partial charge in [-0.25, -0.2) is 0 Å². The summed E-state index contributed by atoms with van der Waals surface area (Å²) in [4.78, 5) is 0. The molecule has 0 bridgehead atoms. The first-order valence-corrected chi connectivity index (χ1v) is 5.32. The Morgan fingerprint density at radius 2 is 1.86 bits per heavy atom. The van der Waals surface area contributed by atoms with E-state index in [1.54, 1.807) is 0 Å². The molecule has 1 aromatic rings. The van der Waals surface area contributed by atoms with Gasteiger partial charge < -0.3 is 10.4 Å². The van der Waals surface area contributed by atoms with Gasteiger partial charge in [0.25, 0.3) is 0 Å². The van der Waals surface area contributed by atoms with Gasteiger partial charge in [-0.2, -0.15) is 0 Å². The number of aliphatic hydroxyl groups is 1. The number of rotatable bonds is 1. The average Bonchev–Trinajstić information content (AvgIpc) is 2.19. The summed E-state index contributed by atoms with van der Waals surface area (Å²) < 4.78 is 0. The van der Waals surface area contributed by atoms with Gasteiger partial charge in [0, 0.05) is 12.8 Å². The number of hydrogen-bond donors (Lipinski definition) is 2. The van der Waals surface area contributed by atoms with Gasteiger partial charge in [-0.1, -0.05) is 24.3 Å². The van der Waals surface area contributed by atoms with Crippen LogP contribution >= 0.6 is 0 Å². The second kappa shape index (κ2) is 3.71. The van der Waals surface area contributed by atoms with Crippen LogP contribution in [0.3, 0.4) is 0 Å². The molecule has 3 N–H and O–H groups in total. The second-order valence-corrected chi connectivity index (χ2v) is 4.21. The lowest BCUT2D eigenvalue weighted by atomic mass is 9.83. The molecule has 1 aromatic carbocycles. The van der Waals surface area contributed by atoms with Crippen molar-refractivity contribution in [2.45, 2.75) is 25.4 Å². The molecule has 1 aliphatic rings. The summed E-state index contributed by atoms with van der Waals surface area (Å²) in [5.41, 5.74) is 1.75. The second-order valence-electron chi connectivity index (χ2n) is 4.21. The van der Waals surface area contributed by atoms with Gasteiger partial charge in [-0.15, -0.1) is 0 Å². The van der Waals surface area contributed by atoms with Gasteiger partial charge in [0.2, 0.25) is 0 Å². The van der Waals surface area contributed by atoms with Crippen LogP contribution in [0.2, 0.25) is 0 Å². The molecular formula is C12H18NO+. The van der Waals surface area contributed by atoms with E-state index in [2.05, 4.69) is 24.4 Å². The minimum Gasteiger partial charge on any atom is -0.385 e. The molecule has 0 atom stereocenters. The van der Waals surface area contributed by atoms with E-state index >= 15 is 0 Å². The lowest BCUT2D eigenvalue weighted by Gasteiger charge is -2.32. The third kappa shape index (κ3) is 1.68. The number of benzene rings is 1. The number of aryl methyl sites for hydroxylation is 1. The van der Waals surface area contributed by atoms with Gasteiger partial charge >= 0.3 is 0 Å². The zero-order valence-electron chi connectivity index (χ0n) is 8.66. The van der Waals surface area contributed by atoms with E-state index in [0.29, 0.717) is 0 Å². The van der Waals surface area contributed by atoms with Gasteiger partial charge in [0.1, 0.15) is 5.60 Å². The molecule has 2 rings (SSSR count). The Morgan fingerprint density at radius 1 is 1.21 bits per heavy atom. The van der Waals surface area contributed by atoms with Crippen LogP contribution in [-0.4, -0.2) is 18.2 Å². The number of piperidine rings is 1. The summed E-state index contributed by atoms with van der Waals surface area (Å²) >= 11 is 0. The quantitative estimate of drug-likeness (QED) is 0.669. The van der Waals surface area contributed by atoms with Crippen LogP contribution < -0.4 is 5.32 Å². The van der Waals surface area contributed by atoms with Gasteiger partial charge in [0.05, 0.1) is 13.1 Å². The highest BCUT2D eigenvalue weighted by molar-refractivity contribution is 5.31. The highest BCUT2D eigenvalue weighted by atomic mass is 16.3. The van der Waals surface area contributed by atoms with Crippen LogP contribution in [0.15, 0.2) is 24.3 Å². The van der Waals surface area contributed by atoms with Gasteiger partial charge in [-0.3, -0.25) is 0 Å². The summed E-state index contributed by atoms with van der Waals surface area (Å²) in [6, 6.07) is 8.17. The largest absolute Gasteiger partial charge is 0.385 e. The number of hydrogen-bond acceptors (Lipinski definition) is 1. The smallest absolute Gasteiger partial charge is 0.101 e. The Labute approximate surface area is 85.0 Å². The van der Waals surface area contributed by atoms with Gasteiger partial charge in [-0.05, 0) is 18.1 Å².